The van der Waals surface area contributed by atoms with Gasteiger partial charge in [-0.1, -0.05) is 0 Å². The van der Waals surface area contributed by atoms with E-state index in [1.807, 2.05) is 0 Å². The van der Waals surface area contributed by atoms with Gasteiger partial charge in [-0.15, -0.1) is 0 Å². The van der Waals surface area contributed by atoms with Crippen molar-refractivity contribution < 1.29 is 9.18 Å². The lowest BCUT2D eigenvalue weighted by molar-refractivity contribution is 0.0980. The van der Waals surface area contributed by atoms with Crippen LogP contribution in [-0.4, -0.2) is 12.3 Å². The van der Waals surface area contributed by atoms with Crippen molar-refractivity contribution in [1.82, 2.24) is 0 Å². The zero-order valence-electron chi connectivity index (χ0n) is 8.22. The summed E-state index contributed by atoms with van der Waals surface area (Å²) in [5.74, 6) is -0.251. The lowest BCUT2D eigenvalue weighted by Gasteiger charge is -2.02. The highest BCUT2D eigenvalue weighted by atomic mass is 19.1. The van der Waals surface area contributed by atoms with Gasteiger partial charge in [0.1, 0.15) is 5.82 Å². The van der Waals surface area contributed by atoms with E-state index in [1.165, 1.54) is 12.1 Å². The molecule has 0 amide bonds. The summed E-state index contributed by atoms with van der Waals surface area (Å²) >= 11 is 0. The van der Waals surface area contributed by atoms with E-state index in [0.29, 0.717) is 30.5 Å². The minimum Gasteiger partial charge on any atom is -0.330 e. The number of hydrogen-bond acceptors (Lipinski definition) is 2. The Bertz CT molecular complexity index is 336. The summed E-state index contributed by atoms with van der Waals surface area (Å²) in [5, 5.41) is 0. The van der Waals surface area contributed by atoms with Crippen LogP contribution >= 0.6 is 0 Å². The number of benzene rings is 1. The Morgan fingerprint density at radius 3 is 2.79 bits per heavy atom. The van der Waals surface area contributed by atoms with Gasteiger partial charge in [0, 0.05) is 12.0 Å². The van der Waals surface area contributed by atoms with Crippen LogP contribution in [0.15, 0.2) is 18.2 Å². The molecule has 0 heterocycles. The second-order valence-corrected chi connectivity index (χ2v) is 3.28. The maximum absolute atomic E-state index is 12.9. The number of halogens is 1. The van der Waals surface area contributed by atoms with E-state index in [4.69, 9.17) is 5.73 Å². The number of nitrogens with two attached hydrogens (primary N) is 1. The molecule has 2 nitrogen and oxygen atoms in total. The van der Waals surface area contributed by atoms with E-state index in [-0.39, 0.29) is 11.6 Å². The molecule has 0 saturated carbocycles. The fourth-order valence-corrected chi connectivity index (χ4v) is 1.23. The minimum atomic E-state index is -0.277. The molecule has 0 aliphatic carbocycles. The SMILES string of the molecule is Cc1cc(C(=O)CCCN)ccc1F. The zero-order valence-corrected chi connectivity index (χ0v) is 8.22. The van der Waals surface area contributed by atoms with Gasteiger partial charge in [0.05, 0.1) is 0 Å². The second-order valence-electron chi connectivity index (χ2n) is 3.28. The Balaban J connectivity index is 2.76. The summed E-state index contributed by atoms with van der Waals surface area (Å²) in [5.41, 5.74) is 6.37. The van der Waals surface area contributed by atoms with Gasteiger partial charge in [0.25, 0.3) is 0 Å². The largest absolute Gasteiger partial charge is 0.330 e. The standard InChI is InChI=1S/C11H14FNO/c1-8-7-9(4-5-10(8)12)11(14)3-2-6-13/h4-5,7H,2-3,6,13H2,1H3. The predicted molar refractivity (Wildman–Crippen MR) is 53.8 cm³/mol. The number of aryl methyl sites for hydroxylation is 1. The van der Waals surface area contributed by atoms with E-state index in [1.54, 1.807) is 13.0 Å². The first kappa shape index (κ1) is 10.9. The van der Waals surface area contributed by atoms with Crippen molar-refractivity contribution >= 4 is 5.78 Å². The quantitative estimate of drug-likeness (QED) is 0.747. The zero-order chi connectivity index (χ0) is 10.6. The average molecular weight is 195 g/mol. The lowest BCUT2D eigenvalue weighted by atomic mass is 10.0. The molecule has 3 heteroatoms. The van der Waals surface area contributed by atoms with Crippen molar-refractivity contribution in [3.8, 4) is 0 Å². The number of ketones is 1. The summed E-state index contributed by atoms with van der Waals surface area (Å²) in [4.78, 5) is 11.5. The third-order valence-electron chi connectivity index (χ3n) is 2.09. The molecule has 0 radical (unpaired) electrons. The Kier molecular flexibility index (Phi) is 3.77. The van der Waals surface area contributed by atoms with E-state index in [2.05, 4.69) is 0 Å². The third kappa shape index (κ3) is 2.64. The van der Waals surface area contributed by atoms with Gasteiger partial charge in [-0.3, -0.25) is 4.79 Å². The van der Waals surface area contributed by atoms with Crippen LogP contribution in [0, 0.1) is 12.7 Å². The number of carbonyl (C=O) groups excluding carboxylic acids is 1. The third-order valence-corrected chi connectivity index (χ3v) is 2.09. The normalized spacial score (nSPS) is 10.2. The van der Waals surface area contributed by atoms with Gasteiger partial charge in [0.15, 0.2) is 5.78 Å². The number of Topliss-reactive ketones (excluding diaryl/α,β-unsaturated/α-hetero) is 1. The molecule has 0 spiro atoms. The Morgan fingerprint density at radius 1 is 1.50 bits per heavy atom. The smallest absolute Gasteiger partial charge is 0.162 e. The van der Waals surface area contributed by atoms with Crippen molar-refractivity contribution in [3.63, 3.8) is 0 Å². The summed E-state index contributed by atoms with van der Waals surface area (Å²) in [7, 11) is 0. The molecule has 1 aromatic carbocycles. The molecule has 0 aliphatic heterocycles. The van der Waals surface area contributed by atoms with Crippen LogP contribution in [-0.2, 0) is 0 Å². The lowest BCUT2D eigenvalue weighted by Crippen LogP contribution is -2.05. The Hall–Kier alpha value is -1.22. The first-order valence-electron chi connectivity index (χ1n) is 4.64. The fraction of sp³-hybridized carbons (Fsp3) is 0.364. The van der Waals surface area contributed by atoms with Crippen molar-refractivity contribution in [1.29, 1.82) is 0 Å². The summed E-state index contributed by atoms with van der Waals surface area (Å²) < 4.78 is 12.9. The first-order chi connectivity index (χ1) is 6.65. The number of rotatable bonds is 4. The van der Waals surface area contributed by atoms with Crippen molar-refractivity contribution in [2.45, 2.75) is 19.8 Å². The highest BCUT2D eigenvalue weighted by molar-refractivity contribution is 5.96. The monoisotopic (exact) mass is 195 g/mol. The maximum Gasteiger partial charge on any atom is 0.162 e. The van der Waals surface area contributed by atoms with Gasteiger partial charge in [0.2, 0.25) is 0 Å². The van der Waals surface area contributed by atoms with E-state index in [9.17, 15) is 9.18 Å². The number of carbonyl (C=O) groups is 1. The summed E-state index contributed by atoms with van der Waals surface area (Å²) in [6.07, 6.45) is 1.11. The van der Waals surface area contributed by atoms with Gasteiger partial charge >= 0.3 is 0 Å². The van der Waals surface area contributed by atoms with Crippen LogP contribution in [0.25, 0.3) is 0 Å². The molecule has 0 bridgehead atoms. The highest BCUT2D eigenvalue weighted by Crippen LogP contribution is 2.11. The van der Waals surface area contributed by atoms with Crippen LogP contribution in [0.2, 0.25) is 0 Å². The van der Waals surface area contributed by atoms with E-state index in [0.717, 1.165) is 0 Å². The maximum atomic E-state index is 12.9. The van der Waals surface area contributed by atoms with Gasteiger partial charge in [-0.25, -0.2) is 4.39 Å². The van der Waals surface area contributed by atoms with Crippen LogP contribution in [0.4, 0.5) is 4.39 Å². The predicted octanol–water partition coefficient (Wildman–Crippen LogP) is 2.06. The van der Waals surface area contributed by atoms with Gasteiger partial charge in [-0.2, -0.15) is 0 Å². The molecule has 1 rings (SSSR count). The fourth-order valence-electron chi connectivity index (χ4n) is 1.23. The molecule has 0 aromatic heterocycles. The van der Waals surface area contributed by atoms with Crippen molar-refractivity contribution in [2.24, 2.45) is 5.73 Å². The molecule has 2 N–H and O–H groups in total. The molecule has 14 heavy (non-hydrogen) atoms. The van der Waals surface area contributed by atoms with Gasteiger partial charge < -0.3 is 5.73 Å². The van der Waals surface area contributed by atoms with Crippen LogP contribution in [0.1, 0.15) is 28.8 Å². The van der Waals surface area contributed by atoms with E-state index >= 15 is 0 Å². The van der Waals surface area contributed by atoms with Crippen LogP contribution in [0.3, 0.4) is 0 Å². The molecule has 0 unspecified atom stereocenters. The molecular formula is C11H14FNO. The molecule has 0 fully saturated rings. The molecular weight excluding hydrogens is 181 g/mol. The van der Waals surface area contributed by atoms with Crippen LogP contribution < -0.4 is 5.73 Å². The van der Waals surface area contributed by atoms with Crippen LogP contribution in [0.5, 0.6) is 0 Å². The molecule has 0 saturated heterocycles. The van der Waals surface area contributed by atoms with Gasteiger partial charge in [-0.05, 0) is 43.7 Å². The van der Waals surface area contributed by atoms with E-state index < -0.39 is 0 Å². The molecule has 1 aromatic rings. The summed E-state index contributed by atoms with van der Waals surface area (Å²) in [6, 6.07) is 4.42. The molecule has 0 atom stereocenters. The molecule has 0 aliphatic rings. The topological polar surface area (TPSA) is 43.1 Å². The first-order valence-corrected chi connectivity index (χ1v) is 4.64. The van der Waals surface area contributed by atoms with Crippen molar-refractivity contribution in [2.75, 3.05) is 6.54 Å². The summed E-state index contributed by atoms with van der Waals surface area (Å²) in [6.45, 7) is 2.15. The Labute approximate surface area is 82.9 Å². The average Bonchev–Trinajstić information content (AvgIpc) is 2.18. The second kappa shape index (κ2) is 4.86. The Morgan fingerprint density at radius 2 is 2.21 bits per heavy atom. The number of hydrogen-bond donors (Lipinski definition) is 1. The molecule has 76 valence electrons. The minimum absolute atomic E-state index is 0.0264. The van der Waals surface area contributed by atoms with Crippen molar-refractivity contribution in [3.05, 3.63) is 35.1 Å². The highest BCUT2D eigenvalue weighted by Gasteiger charge is 2.06.